The SMILES string of the molecule is Cc1c(C(=O)Nc2ccccc2)sc(NC(=O)C(Sc2cccc(NC(=O)/C(=C\c3cccc(Cl)c3Cl)NC(=O)c3ccccc3)c2)c2ccccc2)c1C#N. The van der Waals surface area contributed by atoms with E-state index in [1.54, 1.807) is 104 Å². The van der Waals surface area contributed by atoms with Gasteiger partial charge in [0.2, 0.25) is 5.91 Å². The van der Waals surface area contributed by atoms with Gasteiger partial charge in [0, 0.05) is 21.8 Å². The van der Waals surface area contributed by atoms with Gasteiger partial charge in [-0.05, 0) is 78.2 Å². The number of para-hydroxylation sites is 1. The number of benzene rings is 5. The number of thioether (sulfide) groups is 1. The van der Waals surface area contributed by atoms with Gasteiger partial charge in [0.25, 0.3) is 17.7 Å². The highest BCUT2D eigenvalue weighted by molar-refractivity contribution is 8.00. The van der Waals surface area contributed by atoms with Gasteiger partial charge in [-0.1, -0.05) is 108 Å². The summed E-state index contributed by atoms with van der Waals surface area (Å²) >= 11 is 14.9. The molecule has 0 saturated heterocycles. The number of nitrogens with one attached hydrogen (secondary N) is 4. The molecule has 4 amide bonds. The van der Waals surface area contributed by atoms with E-state index in [1.165, 1.54) is 17.8 Å². The van der Waals surface area contributed by atoms with Crippen LogP contribution in [0.5, 0.6) is 0 Å². The van der Waals surface area contributed by atoms with Gasteiger partial charge in [-0.25, -0.2) is 0 Å². The Bertz CT molecular complexity index is 2490. The minimum Gasteiger partial charge on any atom is -0.321 e. The maximum absolute atomic E-state index is 14.1. The van der Waals surface area contributed by atoms with Gasteiger partial charge >= 0.3 is 0 Å². The molecule has 13 heteroatoms. The quantitative estimate of drug-likeness (QED) is 0.0716. The number of carbonyl (C=O) groups is 4. The lowest BCUT2D eigenvalue weighted by atomic mass is 10.1. The Morgan fingerprint density at radius 3 is 2.09 bits per heavy atom. The van der Waals surface area contributed by atoms with E-state index in [9.17, 15) is 24.4 Å². The van der Waals surface area contributed by atoms with Gasteiger partial charge < -0.3 is 21.3 Å². The fraction of sp³-hybridized carbons (Fsp3) is 0.0465. The molecule has 1 aromatic heterocycles. The number of amides is 4. The van der Waals surface area contributed by atoms with Crippen molar-refractivity contribution < 1.29 is 19.2 Å². The second kappa shape index (κ2) is 18.4. The molecule has 0 bridgehead atoms. The molecular formula is C43H31Cl2N5O4S2. The van der Waals surface area contributed by atoms with Crippen molar-refractivity contribution in [2.45, 2.75) is 17.1 Å². The van der Waals surface area contributed by atoms with Crippen LogP contribution in [0.15, 0.2) is 144 Å². The number of halogens is 2. The zero-order valence-corrected chi connectivity index (χ0v) is 32.7. The molecule has 5 aromatic carbocycles. The summed E-state index contributed by atoms with van der Waals surface area (Å²) in [7, 11) is 0. The van der Waals surface area contributed by atoms with Crippen molar-refractivity contribution in [1.82, 2.24) is 5.32 Å². The summed E-state index contributed by atoms with van der Waals surface area (Å²) in [5, 5.41) is 21.3. The molecule has 1 unspecified atom stereocenters. The van der Waals surface area contributed by atoms with Crippen LogP contribution in [0.2, 0.25) is 10.0 Å². The fourth-order valence-corrected chi connectivity index (χ4v) is 7.95. The maximum Gasteiger partial charge on any atom is 0.272 e. The van der Waals surface area contributed by atoms with Crippen LogP contribution in [0.1, 0.15) is 47.5 Å². The van der Waals surface area contributed by atoms with E-state index in [-0.39, 0.29) is 26.3 Å². The Morgan fingerprint density at radius 1 is 0.750 bits per heavy atom. The third-order valence-corrected chi connectivity index (χ3v) is 11.5. The van der Waals surface area contributed by atoms with Crippen molar-refractivity contribution in [2.75, 3.05) is 16.0 Å². The highest BCUT2D eigenvalue weighted by Gasteiger charge is 2.27. The Kier molecular flexibility index (Phi) is 13.0. The van der Waals surface area contributed by atoms with Crippen LogP contribution >= 0.6 is 46.3 Å². The first-order valence-electron chi connectivity index (χ1n) is 17.0. The number of anilines is 3. The van der Waals surface area contributed by atoms with Crippen LogP contribution in [0.3, 0.4) is 0 Å². The predicted molar refractivity (Wildman–Crippen MR) is 225 cm³/mol. The molecule has 278 valence electrons. The zero-order chi connectivity index (χ0) is 39.6. The lowest BCUT2D eigenvalue weighted by Gasteiger charge is -2.17. The molecule has 1 atom stereocenters. The van der Waals surface area contributed by atoms with Crippen molar-refractivity contribution in [3.05, 3.63) is 182 Å². The second-order valence-electron chi connectivity index (χ2n) is 12.1. The summed E-state index contributed by atoms with van der Waals surface area (Å²) in [6.45, 7) is 1.67. The highest BCUT2D eigenvalue weighted by Crippen LogP contribution is 2.39. The number of hydrogen-bond donors (Lipinski definition) is 4. The molecule has 6 aromatic rings. The Hall–Kier alpha value is -6.16. The molecule has 0 aliphatic heterocycles. The number of carbonyl (C=O) groups excluding carboxylic acids is 4. The van der Waals surface area contributed by atoms with E-state index in [4.69, 9.17) is 23.2 Å². The third-order valence-electron chi connectivity index (χ3n) is 8.23. The van der Waals surface area contributed by atoms with Gasteiger partial charge in [0.05, 0.1) is 20.5 Å². The Morgan fingerprint density at radius 2 is 1.39 bits per heavy atom. The molecule has 56 heavy (non-hydrogen) atoms. The summed E-state index contributed by atoms with van der Waals surface area (Å²) in [6, 6.07) is 40.5. The molecular weight excluding hydrogens is 786 g/mol. The predicted octanol–water partition coefficient (Wildman–Crippen LogP) is 10.4. The van der Waals surface area contributed by atoms with Crippen LogP contribution in [-0.2, 0) is 9.59 Å². The van der Waals surface area contributed by atoms with Gasteiger partial charge in [0.15, 0.2) is 0 Å². The van der Waals surface area contributed by atoms with Crippen LogP contribution < -0.4 is 21.3 Å². The van der Waals surface area contributed by atoms with Crippen LogP contribution in [-0.4, -0.2) is 23.6 Å². The lowest BCUT2D eigenvalue weighted by molar-refractivity contribution is -0.116. The average molecular weight is 817 g/mol. The first kappa shape index (κ1) is 39.5. The number of hydrogen-bond acceptors (Lipinski definition) is 7. The molecule has 0 radical (unpaired) electrons. The molecule has 1 heterocycles. The molecule has 4 N–H and O–H groups in total. The topological polar surface area (TPSA) is 140 Å². The maximum atomic E-state index is 14.1. The number of nitriles is 1. The summed E-state index contributed by atoms with van der Waals surface area (Å²) in [6.07, 6.45) is 1.44. The van der Waals surface area contributed by atoms with E-state index < -0.39 is 28.9 Å². The van der Waals surface area contributed by atoms with Gasteiger partial charge in [-0.3, -0.25) is 19.2 Å². The monoisotopic (exact) mass is 815 g/mol. The van der Waals surface area contributed by atoms with E-state index in [1.807, 2.05) is 36.4 Å². The summed E-state index contributed by atoms with van der Waals surface area (Å²) in [5.41, 5.74) is 3.01. The summed E-state index contributed by atoms with van der Waals surface area (Å²) in [4.78, 5) is 55.2. The lowest BCUT2D eigenvalue weighted by Crippen LogP contribution is -2.30. The smallest absolute Gasteiger partial charge is 0.272 e. The van der Waals surface area contributed by atoms with E-state index in [0.29, 0.717) is 43.4 Å². The molecule has 6 rings (SSSR count). The van der Waals surface area contributed by atoms with E-state index in [2.05, 4.69) is 27.3 Å². The largest absolute Gasteiger partial charge is 0.321 e. The fourth-order valence-electron chi connectivity index (χ4n) is 5.45. The number of nitrogens with zero attached hydrogens (tertiary/aromatic N) is 1. The molecule has 0 aliphatic rings. The first-order chi connectivity index (χ1) is 27.1. The van der Waals surface area contributed by atoms with Crippen molar-refractivity contribution in [2.24, 2.45) is 0 Å². The van der Waals surface area contributed by atoms with Gasteiger partial charge in [-0.15, -0.1) is 23.1 Å². The second-order valence-corrected chi connectivity index (χ2v) is 15.1. The Balaban J connectivity index is 1.24. The van der Waals surface area contributed by atoms with Gasteiger partial charge in [0.1, 0.15) is 22.0 Å². The van der Waals surface area contributed by atoms with Crippen molar-refractivity contribution in [3.8, 4) is 6.07 Å². The van der Waals surface area contributed by atoms with Crippen LogP contribution in [0.25, 0.3) is 6.08 Å². The highest BCUT2D eigenvalue weighted by atomic mass is 35.5. The Labute approximate surface area is 341 Å². The summed E-state index contributed by atoms with van der Waals surface area (Å²) in [5.74, 6) is -1.95. The van der Waals surface area contributed by atoms with E-state index in [0.717, 1.165) is 11.3 Å². The minimum absolute atomic E-state index is 0.0843. The van der Waals surface area contributed by atoms with Crippen LogP contribution in [0.4, 0.5) is 16.4 Å². The third kappa shape index (κ3) is 9.73. The molecule has 0 saturated carbocycles. The standard InChI is InChI=1S/C43H31Cl2N5O4S2/c1-26-33(25-46)43(56-37(26)41(53)47-30-18-9-4-10-19-30)50-42(54)38(27-13-5-2-6-14-27)55-32-21-12-20-31(24-32)48-40(52)35(23-29-17-11-22-34(44)36(29)45)49-39(51)28-15-7-3-8-16-28/h2-24,38H,1H3,(H,47,53)(H,48,52)(H,49,51)(H,50,54)/b35-23+. The van der Waals surface area contributed by atoms with E-state index >= 15 is 0 Å². The van der Waals surface area contributed by atoms with Crippen molar-refractivity contribution in [1.29, 1.82) is 5.26 Å². The molecule has 0 aliphatic carbocycles. The summed E-state index contributed by atoms with van der Waals surface area (Å²) < 4.78 is 0. The number of thiophene rings is 1. The molecule has 0 spiro atoms. The van der Waals surface area contributed by atoms with Gasteiger partial charge in [-0.2, -0.15) is 5.26 Å². The molecule has 9 nitrogen and oxygen atoms in total. The zero-order valence-electron chi connectivity index (χ0n) is 29.5. The average Bonchev–Trinajstić information content (AvgIpc) is 3.53. The normalized spacial score (nSPS) is 11.5. The van der Waals surface area contributed by atoms with Crippen LogP contribution in [0, 0.1) is 18.3 Å². The van der Waals surface area contributed by atoms with Crippen molar-refractivity contribution in [3.63, 3.8) is 0 Å². The van der Waals surface area contributed by atoms with Crippen molar-refractivity contribution >= 4 is 92.4 Å². The first-order valence-corrected chi connectivity index (χ1v) is 19.4. The molecule has 0 fully saturated rings. The number of rotatable bonds is 12. The minimum atomic E-state index is -0.803.